The fourth-order valence-corrected chi connectivity index (χ4v) is 3.20. The van der Waals surface area contributed by atoms with Crippen molar-refractivity contribution in [3.63, 3.8) is 0 Å². The molecule has 0 aromatic heterocycles. The number of nitrogens with one attached hydrogen (secondary N) is 1. The summed E-state index contributed by atoms with van der Waals surface area (Å²) in [6, 6.07) is 4.00. The van der Waals surface area contributed by atoms with Crippen LogP contribution in [0.15, 0.2) is 12.1 Å². The summed E-state index contributed by atoms with van der Waals surface area (Å²) in [5.74, 6) is 1.26. The van der Waals surface area contributed by atoms with Crippen LogP contribution < -0.4 is 10.1 Å². The Morgan fingerprint density at radius 1 is 1.37 bits per heavy atom. The normalized spacial score (nSPS) is 22.1. The molecule has 0 bridgehead atoms. The van der Waals surface area contributed by atoms with E-state index < -0.39 is 0 Å². The number of benzene rings is 1. The highest BCUT2D eigenvalue weighted by atomic mass is 35.5. The molecule has 0 radical (unpaired) electrons. The van der Waals surface area contributed by atoms with E-state index in [-0.39, 0.29) is 6.04 Å². The van der Waals surface area contributed by atoms with Gasteiger partial charge in [0, 0.05) is 17.1 Å². The van der Waals surface area contributed by atoms with Crippen molar-refractivity contribution in [3.8, 4) is 5.75 Å². The second kappa shape index (κ2) is 5.51. The molecule has 19 heavy (non-hydrogen) atoms. The van der Waals surface area contributed by atoms with Gasteiger partial charge in [0.15, 0.2) is 0 Å². The second-order valence-electron chi connectivity index (χ2n) is 5.80. The first-order chi connectivity index (χ1) is 8.90. The van der Waals surface area contributed by atoms with Crippen molar-refractivity contribution < 1.29 is 4.74 Å². The highest BCUT2D eigenvalue weighted by Gasteiger charge is 2.50. The summed E-state index contributed by atoms with van der Waals surface area (Å²) < 4.78 is 5.47. The molecular formula is C15H21Cl2NO. The first-order valence-electron chi connectivity index (χ1n) is 6.69. The number of hydrogen-bond acceptors (Lipinski definition) is 2. The van der Waals surface area contributed by atoms with Gasteiger partial charge in [-0.3, -0.25) is 0 Å². The largest absolute Gasteiger partial charge is 0.492 e. The molecule has 0 spiro atoms. The molecule has 1 fully saturated rings. The summed E-state index contributed by atoms with van der Waals surface area (Å²) in [6.07, 6.45) is 1.21. The highest BCUT2D eigenvalue weighted by molar-refractivity contribution is 6.34. The Morgan fingerprint density at radius 2 is 2.00 bits per heavy atom. The summed E-state index contributed by atoms with van der Waals surface area (Å²) in [5.41, 5.74) is 1.44. The van der Waals surface area contributed by atoms with E-state index in [0.717, 1.165) is 10.6 Å². The van der Waals surface area contributed by atoms with Gasteiger partial charge in [0.2, 0.25) is 0 Å². The van der Waals surface area contributed by atoms with Gasteiger partial charge in [-0.15, -0.1) is 0 Å². The Morgan fingerprint density at radius 3 is 2.47 bits per heavy atom. The van der Waals surface area contributed by atoms with Crippen LogP contribution in [0.1, 0.15) is 38.8 Å². The Bertz CT molecular complexity index is 473. The van der Waals surface area contributed by atoms with Gasteiger partial charge in [-0.2, -0.15) is 0 Å². The van der Waals surface area contributed by atoms with Crippen molar-refractivity contribution in [2.75, 3.05) is 13.7 Å². The summed E-state index contributed by atoms with van der Waals surface area (Å²) >= 11 is 12.7. The molecule has 1 aliphatic rings. The van der Waals surface area contributed by atoms with Gasteiger partial charge in [-0.1, -0.05) is 37.0 Å². The van der Waals surface area contributed by atoms with Gasteiger partial charge in [-0.05, 0) is 43.4 Å². The molecule has 2 nitrogen and oxygen atoms in total. The molecule has 106 valence electrons. The van der Waals surface area contributed by atoms with Gasteiger partial charge in [0.1, 0.15) is 5.75 Å². The minimum Gasteiger partial charge on any atom is -0.492 e. The minimum absolute atomic E-state index is 0.246. The molecule has 2 unspecified atom stereocenters. The first-order valence-corrected chi connectivity index (χ1v) is 7.45. The zero-order valence-corrected chi connectivity index (χ0v) is 13.4. The highest BCUT2D eigenvalue weighted by Crippen LogP contribution is 2.58. The zero-order chi connectivity index (χ0) is 14.2. The maximum Gasteiger partial charge on any atom is 0.139 e. The predicted octanol–water partition coefficient (Wildman–Crippen LogP) is 4.70. The fourth-order valence-electron chi connectivity index (χ4n) is 2.70. The third-order valence-electron chi connectivity index (χ3n) is 3.99. The Kier molecular flexibility index (Phi) is 4.34. The number of halogens is 2. The van der Waals surface area contributed by atoms with Crippen LogP contribution >= 0.6 is 23.2 Å². The Hall–Kier alpha value is -0.440. The standard InChI is InChI=1S/C15H21Cl2NO/c1-5-19-13-7-11(16)9(6-12(13)17)14(18-4)10-8-15(10,2)3/h6-7,10,14,18H,5,8H2,1-4H3. The molecule has 2 atom stereocenters. The van der Waals surface area contributed by atoms with Crippen molar-refractivity contribution in [2.45, 2.75) is 33.2 Å². The number of hydrogen-bond donors (Lipinski definition) is 1. The number of ether oxygens (including phenoxy) is 1. The van der Waals surface area contributed by atoms with Crippen LogP contribution in [0.5, 0.6) is 5.75 Å². The zero-order valence-electron chi connectivity index (χ0n) is 11.9. The molecule has 1 aromatic rings. The van der Waals surface area contributed by atoms with Crippen molar-refractivity contribution in [1.29, 1.82) is 0 Å². The molecule has 1 N–H and O–H groups in total. The lowest BCUT2D eigenvalue weighted by Crippen LogP contribution is -2.21. The van der Waals surface area contributed by atoms with E-state index in [4.69, 9.17) is 27.9 Å². The van der Waals surface area contributed by atoms with Gasteiger partial charge >= 0.3 is 0 Å². The monoisotopic (exact) mass is 301 g/mol. The predicted molar refractivity (Wildman–Crippen MR) is 81.3 cm³/mol. The maximum absolute atomic E-state index is 6.40. The number of rotatable bonds is 5. The van der Waals surface area contributed by atoms with E-state index in [1.54, 1.807) is 0 Å². The summed E-state index contributed by atoms with van der Waals surface area (Å²) in [4.78, 5) is 0. The van der Waals surface area contributed by atoms with Crippen molar-refractivity contribution in [3.05, 3.63) is 27.7 Å². The smallest absolute Gasteiger partial charge is 0.139 e. The van der Waals surface area contributed by atoms with Crippen molar-refractivity contribution in [2.24, 2.45) is 11.3 Å². The molecule has 0 aliphatic heterocycles. The van der Waals surface area contributed by atoms with Crippen LogP contribution in [-0.2, 0) is 0 Å². The van der Waals surface area contributed by atoms with Crippen LogP contribution in [-0.4, -0.2) is 13.7 Å². The van der Waals surface area contributed by atoms with Crippen LogP contribution in [0, 0.1) is 11.3 Å². The van der Waals surface area contributed by atoms with E-state index in [9.17, 15) is 0 Å². The van der Waals surface area contributed by atoms with Crippen LogP contribution in [0.4, 0.5) is 0 Å². The molecule has 0 saturated heterocycles. The molecular weight excluding hydrogens is 281 g/mol. The van der Waals surface area contributed by atoms with Gasteiger partial charge in [0.05, 0.1) is 11.6 Å². The lowest BCUT2D eigenvalue weighted by molar-refractivity contribution is 0.340. The van der Waals surface area contributed by atoms with Crippen LogP contribution in [0.3, 0.4) is 0 Å². The second-order valence-corrected chi connectivity index (χ2v) is 6.62. The molecule has 1 saturated carbocycles. The summed E-state index contributed by atoms with van der Waals surface area (Å²) in [5, 5.41) is 4.71. The summed E-state index contributed by atoms with van der Waals surface area (Å²) in [6.45, 7) is 7.08. The van der Waals surface area contributed by atoms with E-state index in [2.05, 4.69) is 19.2 Å². The molecule has 0 heterocycles. The van der Waals surface area contributed by atoms with Gasteiger partial charge in [-0.25, -0.2) is 0 Å². The van der Waals surface area contributed by atoms with E-state index in [1.807, 2.05) is 26.1 Å². The topological polar surface area (TPSA) is 21.3 Å². The molecule has 1 aliphatic carbocycles. The third kappa shape index (κ3) is 3.01. The first kappa shape index (κ1) is 15.0. The van der Waals surface area contributed by atoms with Gasteiger partial charge in [0.25, 0.3) is 0 Å². The van der Waals surface area contributed by atoms with E-state index >= 15 is 0 Å². The Balaban J connectivity index is 2.31. The van der Waals surface area contributed by atoms with Crippen molar-refractivity contribution in [1.82, 2.24) is 5.32 Å². The van der Waals surface area contributed by atoms with Gasteiger partial charge < -0.3 is 10.1 Å². The van der Waals surface area contributed by atoms with E-state index in [1.165, 1.54) is 6.42 Å². The average molecular weight is 302 g/mol. The van der Waals surface area contributed by atoms with Crippen molar-refractivity contribution >= 4 is 23.2 Å². The fraction of sp³-hybridized carbons (Fsp3) is 0.600. The minimum atomic E-state index is 0.246. The SMILES string of the molecule is CCOc1cc(Cl)c(C(NC)C2CC2(C)C)cc1Cl. The molecule has 0 amide bonds. The van der Waals surface area contributed by atoms with Crippen LogP contribution in [0.2, 0.25) is 10.0 Å². The molecule has 2 rings (SSSR count). The molecule has 4 heteroatoms. The Labute approximate surface area is 125 Å². The average Bonchev–Trinajstić information content (AvgIpc) is 2.95. The lowest BCUT2D eigenvalue weighted by atomic mass is 9.97. The molecule has 1 aromatic carbocycles. The lowest BCUT2D eigenvalue weighted by Gasteiger charge is -2.21. The van der Waals surface area contributed by atoms with Crippen LogP contribution in [0.25, 0.3) is 0 Å². The quantitative estimate of drug-likeness (QED) is 0.851. The van der Waals surface area contributed by atoms with E-state index in [0.29, 0.717) is 28.7 Å². The summed E-state index contributed by atoms with van der Waals surface area (Å²) in [7, 11) is 1.97. The third-order valence-corrected chi connectivity index (χ3v) is 4.61. The maximum atomic E-state index is 6.40.